The van der Waals surface area contributed by atoms with Gasteiger partial charge in [-0.15, -0.1) is 0 Å². The third-order valence-corrected chi connectivity index (χ3v) is 3.29. The number of halogens is 1. The van der Waals surface area contributed by atoms with Gasteiger partial charge in [-0.2, -0.15) is 0 Å². The van der Waals surface area contributed by atoms with E-state index in [2.05, 4.69) is 4.90 Å². The molecule has 2 rings (SSSR count). The molecule has 0 aromatic heterocycles. The molecule has 1 saturated heterocycles. The SMILES string of the molecule is O=C(Cc1ccc(Cl)cc1)OCCN1CCOCC1. The van der Waals surface area contributed by atoms with Crippen molar-refractivity contribution in [1.29, 1.82) is 0 Å². The molecule has 19 heavy (non-hydrogen) atoms. The number of nitrogens with zero attached hydrogens (tertiary/aromatic N) is 1. The summed E-state index contributed by atoms with van der Waals surface area (Å²) in [4.78, 5) is 13.9. The van der Waals surface area contributed by atoms with Crippen molar-refractivity contribution in [3.05, 3.63) is 34.9 Å². The molecule has 1 fully saturated rings. The van der Waals surface area contributed by atoms with Gasteiger partial charge in [-0.05, 0) is 17.7 Å². The molecule has 0 atom stereocenters. The maximum atomic E-state index is 11.6. The number of esters is 1. The molecule has 0 unspecified atom stereocenters. The second kappa shape index (κ2) is 7.48. The number of hydrogen-bond acceptors (Lipinski definition) is 4. The largest absolute Gasteiger partial charge is 0.464 e. The summed E-state index contributed by atoms with van der Waals surface area (Å²) in [6, 6.07) is 7.23. The second-order valence-electron chi connectivity index (χ2n) is 4.48. The molecule has 0 spiro atoms. The van der Waals surface area contributed by atoms with Crippen LogP contribution >= 0.6 is 11.6 Å². The molecule has 1 heterocycles. The van der Waals surface area contributed by atoms with Gasteiger partial charge in [0.05, 0.1) is 19.6 Å². The van der Waals surface area contributed by atoms with Crippen LogP contribution in [0.4, 0.5) is 0 Å². The highest BCUT2D eigenvalue weighted by atomic mass is 35.5. The van der Waals surface area contributed by atoms with E-state index in [4.69, 9.17) is 21.1 Å². The maximum Gasteiger partial charge on any atom is 0.310 e. The van der Waals surface area contributed by atoms with E-state index in [1.165, 1.54) is 0 Å². The van der Waals surface area contributed by atoms with Gasteiger partial charge in [0.2, 0.25) is 0 Å². The van der Waals surface area contributed by atoms with Crippen LogP contribution in [0.5, 0.6) is 0 Å². The molecule has 1 aromatic rings. The summed E-state index contributed by atoms with van der Waals surface area (Å²) in [5.74, 6) is -0.199. The summed E-state index contributed by atoms with van der Waals surface area (Å²) < 4.78 is 10.5. The minimum Gasteiger partial charge on any atom is -0.464 e. The third kappa shape index (κ3) is 5.19. The minimum atomic E-state index is -0.199. The second-order valence-corrected chi connectivity index (χ2v) is 4.91. The van der Waals surface area contributed by atoms with E-state index < -0.39 is 0 Å². The lowest BCUT2D eigenvalue weighted by atomic mass is 10.1. The van der Waals surface area contributed by atoms with Crippen molar-refractivity contribution in [2.45, 2.75) is 6.42 Å². The Morgan fingerprint density at radius 3 is 2.63 bits per heavy atom. The molecular weight excluding hydrogens is 266 g/mol. The molecule has 4 nitrogen and oxygen atoms in total. The lowest BCUT2D eigenvalue weighted by Gasteiger charge is -2.26. The molecule has 1 aliphatic heterocycles. The average Bonchev–Trinajstić information content (AvgIpc) is 2.43. The highest BCUT2D eigenvalue weighted by Gasteiger charge is 2.11. The van der Waals surface area contributed by atoms with Crippen LogP contribution in [0.2, 0.25) is 5.02 Å². The predicted octanol–water partition coefficient (Wildman–Crippen LogP) is 1.76. The number of carbonyl (C=O) groups is 1. The van der Waals surface area contributed by atoms with Gasteiger partial charge in [0.15, 0.2) is 0 Å². The van der Waals surface area contributed by atoms with Gasteiger partial charge in [0.25, 0.3) is 0 Å². The molecule has 0 amide bonds. The first-order chi connectivity index (χ1) is 9.24. The van der Waals surface area contributed by atoms with E-state index in [-0.39, 0.29) is 5.97 Å². The molecule has 5 heteroatoms. The quantitative estimate of drug-likeness (QED) is 0.772. The van der Waals surface area contributed by atoms with Crippen LogP contribution in [0.3, 0.4) is 0 Å². The average molecular weight is 284 g/mol. The van der Waals surface area contributed by atoms with Gasteiger partial charge in [0, 0.05) is 24.7 Å². The van der Waals surface area contributed by atoms with Crippen LogP contribution in [0, 0.1) is 0 Å². The number of ether oxygens (including phenoxy) is 2. The van der Waals surface area contributed by atoms with E-state index in [0.717, 1.165) is 38.4 Å². The number of morpholine rings is 1. The molecule has 0 N–H and O–H groups in total. The first-order valence-electron chi connectivity index (χ1n) is 6.44. The van der Waals surface area contributed by atoms with Crippen LogP contribution in [-0.4, -0.2) is 50.3 Å². The summed E-state index contributed by atoms with van der Waals surface area (Å²) in [5, 5.41) is 0.671. The van der Waals surface area contributed by atoms with E-state index >= 15 is 0 Å². The number of hydrogen-bond donors (Lipinski definition) is 0. The van der Waals surface area contributed by atoms with Crippen LogP contribution in [-0.2, 0) is 20.7 Å². The monoisotopic (exact) mass is 283 g/mol. The van der Waals surface area contributed by atoms with E-state index in [0.29, 0.717) is 18.1 Å². The summed E-state index contributed by atoms with van der Waals surface area (Å²) in [5.41, 5.74) is 0.917. The highest BCUT2D eigenvalue weighted by molar-refractivity contribution is 6.30. The fraction of sp³-hybridized carbons (Fsp3) is 0.500. The van der Waals surface area contributed by atoms with E-state index in [1.54, 1.807) is 12.1 Å². The minimum absolute atomic E-state index is 0.199. The Kier molecular flexibility index (Phi) is 5.63. The van der Waals surface area contributed by atoms with Crippen molar-refractivity contribution in [3.8, 4) is 0 Å². The molecule has 0 radical (unpaired) electrons. The molecular formula is C14H18ClNO3. The van der Waals surface area contributed by atoms with Crippen molar-refractivity contribution in [2.75, 3.05) is 39.5 Å². The van der Waals surface area contributed by atoms with Gasteiger partial charge in [0.1, 0.15) is 6.61 Å². The van der Waals surface area contributed by atoms with Crippen LogP contribution in [0.15, 0.2) is 24.3 Å². The van der Waals surface area contributed by atoms with Crippen LogP contribution < -0.4 is 0 Å². The van der Waals surface area contributed by atoms with E-state index in [9.17, 15) is 4.79 Å². The van der Waals surface area contributed by atoms with Crippen molar-refractivity contribution in [2.24, 2.45) is 0 Å². The topological polar surface area (TPSA) is 38.8 Å². The zero-order chi connectivity index (χ0) is 13.5. The van der Waals surface area contributed by atoms with Gasteiger partial charge in [-0.25, -0.2) is 0 Å². The van der Waals surface area contributed by atoms with Crippen molar-refractivity contribution < 1.29 is 14.3 Å². The predicted molar refractivity (Wildman–Crippen MR) is 73.4 cm³/mol. The third-order valence-electron chi connectivity index (χ3n) is 3.04. The Hall–Kier alpha value is -1.10. The number of rotatable bonds is 5. The molecule has 0 aliphatic carbocycles. The van der Waals surface area contributed by atoms with Crippen LogP contribution in [0.1, 0.15) is 5.56 Å². The van der Waals surface area contributed by atoms with Gasteiger partial charge in [-0.3, -0.25) is 9.69 Å². The van der Waals surface area contributed by atoms with Gasteiger partial charge in [-0.1, -0.05) is 23.7 Å². The fourth-order valence-corrected chi connectivity index (χ4v) is 2.06. The molecule has 104 valence electrons. The van der Waals surface area contributed by atoms with Crippen molar-refractivity contribution in [3.63, 3.8) is 0 Å². The standard InChI is InChI=1S/C14H18ClNO3/c15-13-3-1-12(2-4-13)11-14(17)19-10-7-16-5-8-18-9-6-16/h1-4H,5-11H2. The summed E-state index contributed by atoms with van der Waals surface area (Å²) in [6.45, 7) is 4.56. The Morgan fingerprint density at radius 1 is 1.26 bits per heavy atom. The van der Waals surface area contributed by atoms with Gasteiger partial charge >= 0.3 is 5.97 Å². The summed E-state index contributed by atoms with van der Waals surface area (Å²) in [7, 11) is 0. The smallest absolute Gasteiger partial charge is 0.310 e. The number of carbonyl (C=O) groups excluding carboxylic acids is 1. The lowest BCUT2D eigenvalue weighted by Crippen LogP contribution is -2.38. The summed E-state index contributed by atoms with van der Waals surface area (Å²) in [6.07, 6.45) is 0.292. The highest BCUT2D eigenvalue weighted by Crippen LogP contribution is 2.10. The fourth-order valence-electron chi connectivity index (χ4n) is 1.93. The zero-order valence-corrected chi connectivity index (χ0v) is 11.6. The van der Waals surface area contributed by atoms with E-state index in [1.807, 2.05) is 12.1 Å². The molecule has 0 bridgehead atoms. The Balaban J connectivity index is 1.65. The Labute approximate surface area is 118 Å². The van der Waals surface area contributed by atoms with Crippen LogP contribution in [0.25, 0.3) is 0 Å². The van der Waals surface area contributed by atoms with Gasteiger partial charge < -0.3 is 9.47 Å². The molecule has 1 aliphatic rings. The first-order valence-corrected chi connectivity index (χ1v) is 6.82. The summed E-state index contributed by atoms with van der Waals surface area (Å²) >= 11 is 5.79. The Morgan fingerprint density at radius 2 is 1.95 bits per heavy atom. The normalized spacial score (nSPS) is 16.3. The first kappa shape index (κ1) is 14.3. The van der Waals surface area contributed by atoms with Crippen molar-refractivity contribution in [1.82, 2.24) is 4.90 Å². The molecule has 1 aromatic carbocycles. The lowest BCUT2D eigenvalue weighted by molar-refractivity contribution is -0.143. The molecule has 0 saturated carbocycles. The number of benzene rings is 1. The van der Waals surface area contributed by atoms with Crippen molar-refractivity contribution >= 4 is 17.6 Å². The Bertz CT molecular complexity index is 402. The zero-order valence-electron chi connectivity index (χ0n) is 10.8. The maximum absolute atomic E-state index is 11.6.